The van der Waals surface area contributed by atoms with Crippen molar-refractivity contribution in [3.05, 3.63) is 168 Å². The predicted octanol–water partition coefficient (Wildman–Crippen LogP) is 12.6. The molecule has 0 N–H and O–H groups in total. The molecular weight excluding hydrogens is 657 g/mol. The Morgan fingerprint density at radius 1 is 0.556 bits per heavy atom. The molecule has 9 aromatic rings. The van der Waals surface area contributed by atoms with Crippen molar-refractivity contribution < 1.29 is 0 Å². The van der Waals surface area contributed by atoms with E-state index in [-0.39, 0.29) is 5.41 Å². The van der Waals surface area contributed by atoms with Gasteiger partial charge in [-0.1, -0.05) is 129 Å². The molecule has 0 atom stereocenters. The van der Waals surface area contributed by atoms with Crippen molar-refractivity contribution in [1.29, 1.82) is 5.26 Å². The average Bonchev–Trinajstić information content (AvgIpc) is 3.71. The maximum absolute atomic E-state index is 9.70. The van der Waals surface area contributed by atoms with Gasteiger partial charge in [-0.15, -0.1) is 0 Å². The van der Waals surface area contributed by atoms with Gasteiger partial charge in [-0.05, 0) is 96.9 Å². The van der Waals surface area contributed by atoms with Crippen LogP contribution in [0.5, 0.6) is 0 Å². The molecule has 8 aromatic carbocycles. The van der Waals surface area contributed by atoms with Gasteiger partial charge in [0.15, 0.2) is 0 Å². The molecule has 4 heteroatoms. The van der Waals surface area contributed by atoms with Gasteiger partial charge in [-0.2, -0.15) is 5.26 Å². The summed E-state index contributed by atoms with van der Waals surface area (Å²) in [5, 5.41) is 14.6. The molecule has 0 amide bonds. The number of fused-ring (bicyclic) bond motifs is 7. The highest BCUT2D eigenvalue weighted by molar-refractivity contribution is 6.23. The Morgan fingerprint density at radius 2 is 1.17 bits per heavy atom. The van der Waals surface area contributed by atoms with E-state index in [0.717, 1.165) is 39.5 Å². The summed E-state index contributed by atoms with van der Waals surface area (Å²) in [6, 6.07) is 57.0. The average molecular weight is 691 g/mol. The van der Waals surface area contributed by atoms with Crippen molar-refractivity contribution in [2.45, 2.75) is 19.3 Å². The first-order valence-corrected chi connectivity index (χ1v) is 18.5. The molecule has 0 saturated heterocycles. The summed E-state index contributed by atoms with van der Waals surface area (Å²) >= 11 is 0. The van der Waals surface area contributed by atoms with E-state index in [1.807, 2.05) is 6.07 Å². The topological polar surface area (TPSA) is 44.9 Å². The van der Waals surface area contributed by atoms with Crippen LogP contribution in [0.4, 0.5) is 11.4 Å². The minimum absolute atomic E-state index is 0.236. The molecule has 0 fully saturated rings. The van der Waals surface area contributed by atoms with Gasteiger partial charge in [0.1, 0.15) is 5.82 Å². The summed E-state index contributed by atoms with van der Waals surface area (Å²) in [7, 11) is 2.19. The number of hydrogen-bond donors (Lipinski definition) is 0. The zero-order chi connectivity index (χ0) is 36.3. The van der Waals surface area contributed by atoms with Gasteiger partial charge in [-0.25, -0.2) is 4.98 Å². The van der Waals surface area contributed by atoms with Crippen molar-refractivity contribution in [2.24, 2.45) is 0 Å². The van der Waals surface area contributed by atoms with Gasteiger partial charge in [-0.3, -0.25) is 4.57 Å². The van der Waals surface area contributed by atoms with E-state index in [4.69, 9.17) is 4.98 Å². The monoisotopic (exact) mass is 690 g/mol. The van der Waals surface area contributed by atoms with E-state index in [1.165, 1.54) is 66.1 Å². The maximum Gasteiger partial charge on any atom is 0.145 e. The Kier molecular flexibility index (Phi) is 6.26. The molecule has 1 aromatic heterocycles. The van der Waals surface area contributed by atoms with E-state index in [0.29, 0.717) is 5.56 Å². The van der Waals surface area contributed by atoms with Crippen LogP contribution in [0.3, 0.4) is 0 Å². The molecule has 0 unspecified atom stereocenters. The minimum atomic E-state index is -0.236. The number of aromatic nitrogens is 2. The van der Waals surface area contributed by atoms with Crippen molar-refractivity contribution in [1.82, 2.24) is 9.55 Å². The number of para-hydroxylation sites is 2. The van der Waals surface area contributed by atoms with E-state index in [1.54, 1.807) is 0 Å². The second-order valence-corrected chi connectivity index (χ2v) is 15.1. The maximum atomic E-state index is 9.70. The lowest BCUT2D eigenvalue weighted by Crippen LogP contribution is -2.19. The van der Waals surface area contributed by atoms with Crippen LogP contribution in [0.15, 0.2) is 152 Å². The highest BCUT2D eigenvalue weighted by Crippen LogP contribution is 2.54. The lowest BCUT2D eigenvalue weighted by molar-refractivity contribution is 0.660. The molecule has 0 saturated carbocycles. The van der Waals surface area contributed by atoms with Crippen LogP contribution in [0.1, 0.15) is 30.5 Å². The molecule has 0 bridgehead atoms. The fraction of sp³-hybridized carbons (Fsp3) is 0.0800. The highest BCUT2D eigenvalue weighted by atomic mass is 15.2. The molecule has 4 nitrogen and oxygen atoms in total. The van der Waals surface area contributed by atoms with Gasteiger partial charge >= 0.3 is 0 Å². The predicted molar refractivity (Wildman–Crippen MR) is 223 cm³/mol. The zero-order valence-corrected chi connectivity index (χ0v) is 30.2. The molecule has 54 heavy (non-hydrogen) atoms. The van der Waals surface area contributed by atoms with E-state index in [2.05, 4.69) is 182 Å². The first kappa shape index (κ1) is 30.6. The Labute approximate surface area is 313 Å². The molecular formula is C50H34N4. The van der Waals surface area contributed by atoms with E-state index in [9.17, 15) is 5.26 Å². The quantitative estimate of drug-likeness (QED) is 0.173. The molecule has 2 aliphatic rings. The summed E-state index contributed by atoms with van der Waals surface area (Å²) < 4.78 is 2.36. The van der Waals surface area contributed by atoms with Crippen LogP contribution in [-0.2, 0) is 5.41 Å². The third-order valence-corrected chi connectivity index (χ3v) is 11.9. The Morgan fingerprint density at radius 3 is 1.87 bits per heavy atom. The second-order valence-electron chi connectivity index (χ2n) is 15.1. The number of hydrogen-bond acceptors (Lipinski definition) is 3. The number of rotatable bonds is 3. The van der Waals surface area contributed by atoms with Gasteiger partial charge in [0.25, 0.3) is 0 Å². The first-order chi connectivity index (χ1) is 26.4. The van der Waals surface area contributed by atoms with Gasteiger partial charge in [0.2, 0.25) is 0 Å². The van der Waals surface area contributed by atoms with Crippen LogP contribution in [-0.4, -0.2) is 16.6 Å². The number of nitriles is 1. The summed E-state index contributed by atoms with van der Waals surface area (Å²) in [5.41, 5.74) is 16.9. The normalized spacial score (nSPS) is 13.6. The Balaban J connectivity index is 1.18. The van der Waals surface area contributed by atoms with E-state index >= 15 is 0 Å². The Bertz CT molecular complexity index is 3050. The van der Waals surface area contributed by atoms with Crippen molar-refractivity contribution in [2.75, 3.05) is 11.9 Å². The smallest absolute Gasteiger partial charge is 0.145 e. The highest BCUT2D eigenvalue weighted by Gasteiger charge is 2.36. The molecule has 11 rings (SSSR count). The Hall–Kier alpha value is -6.96. The molecule has 254 valence electrons. The standard InChI is InChI=1S/C50H34N4/c1-50(2)40-27-30(29-51)23-25-33(40)34-26-24-32(28-41(34)50)45-35-15-7-9-17-37(35)46(38-18-10-8-16-36(38)45)39-19-11-22-44-47(39)53(3)43-21-12-20-42-48(43)54(44)49(52-42)31-13-5-4-6-14-31/h4-28H,1-3H3. The number of benzene rings is 8. The molecule has 1 aliphatic heterocycles. The van der Waals surface area contributed by atoms with Crippen LogP contribution < -0.4 is 4.90 Å². The molecule has 1 aliphatic carbocycles. The number of imidazole rings is 1. The third-order valence-electron chi connectivity index (χ3n) is 11.9. The first-order valence-electron chi connectivity index (χ1n) is 18.5. The summed E-state index contributed by atoms with van der Waals surface area (Å²) in [4.78, 5) is 7.57. The zero-order valence-electron chi connectivity index (χ0n) is 30.2. The molecule has 0 radical (unpaired) electrons. The third kappa shape index (κ3) is 4.04. The number of anilines is 2. The summed E-state index contributed by atoms with van der Waals surface area (Å²) in [5.74, 6) is 0.945. The van der Waals surface area contributed by atoms with Crippen molar-refractivity contribution >= 4 is 44.0 Å². The second kappa shape index (κ2) is 11.0. The summed E-state index contributed by atoms with van der Waals surface area (Å²) in [6.45, 7) is 4.57. The van der Waals surface area contributed by atoms with Gasteiger partial charge < -0.3 is 4.90 Å². The van der Waals surface area contributed by atoms with E-state index < -0.39 is 0 Å². The van der Waals surface area contributed by atoms with Crippen LogP contribution in [0.25, 0.3) is 83.0 Å². The largest absolute Gasteiger partial charge is 0.341 e. The van der Waals surface area contributed by atoms with Crippen LogP contribution in [0.2, 0.25) is 0 Å². The van der Waals surface area contributed by atoms with Crippen LogP contribution >= 0.6 is 0 Å². The minimum Gasteiger partial charge on any atom is -0.341 e. The lowest BCUT2D eigenvalue weighted by Gasteiger charge is -2.32. The fourth-order valence-corrected chi connectivity index (χ4v) is 9.47. The molecule has 2 heterocycles. The van der Waals surface area contributed by atoms with Crippen LogP contribution in [0, 0.1) is 11.3 Å². The number of nitrogens with zero attached hydrogens (tertiary/aromatic N) is 4. The van der Waals surface area contributed by atoms with Gasteiger partial charge in [0, 0.05) is 23.6 Å². The summed E-state index contributed by atoms with van der Waals surface area (Å²) in [6.07, 6.45) is 0. The van der Waals surface area contributed by atoms with Crippen molar-refractivity contribution in [3.8, 4) is 56.5 Å². The SMILES string of the molecule is CN1c2c(-c3c4ccccc4c(-c4ccc5c(c4)C(C)(C)c4cc(C#N)ccc4-5)c4ccccc34)cccc2-n2c(-c3ccccc3)nc3cccc1c32. The van der Waals surface area contributed by atoms with Crippen molar-refractivity contribution in [3.63, 3.8) is 0 Å². The lowest BCUT2D eigenvalue weighted by atomic mass is 9.80. The van der Waals surface area contributed by atoms with Gasteiger partial charge in [0.05, 0.1) is 39.7 Å². The molecule has 0 spiro atoms. The fourth-order valence-electron chi connectivity index (χ4n) is 9.47.